The normalized spacial score (nSPS) is 31.1. The number of aromatic nitrogens is 2. The highest BCUT2D eigenvalue weighted by Gasteiger charge is 2.52. The Labute approximate surface area is 131 Å². The van der Waals surface area contributed by atoms with Crippen molar-refractivity contribution in [1.82, 2.24) is 18.8 Å². The van der Waals surface area contributed by atoms with Crippen molar-refractivity contribution < 1.29 is 13.5 Å². The van der Waals surface area contributed by atoms with Crippen LogP contribution in [0.4, 0.5) is 0 Å². The monoisotopic (exact) mass is 328 g/mol. The van der Waals surface area contributed by atoms with Crippen molar-refractivity contribution in [2.24, 2.45) is 7.05 Å². The minimum Gasteiger partial charge on any atom is -0.390 e. The smallest absolute Gasteiger partial charge is 0.211 e. The van der Waals surface area contributed by atoms with E-state index in [1.165, 1.54) is 10.6 Å². The van der Waals surface area contributed by atoms with Gasteiger partial charge >= 0.3 is 0 Å². The molecule has 1 spiro atoms. The number of aliphatic hydroxyl groups excluding tert-OH is 1. The molecule has 2 aliphatic rings. The maximum Gasteiger partial charge on any atom is 0.211 e. The summed E-state index contributed by atoms with van der Waals surface area (Å²) in [5.74, 6) is 0. The van der Waals surface area contributed by atoms with E-state index >= 15 is 0 Å². The fourth-order valence-electron chi connectivity index (χ4n) is 3.89. The first kappa shape index (κ1) is 15.9. The van der Waals surface area contributed by atoms with Crippen LogP contribution in [0.15, 0.2) is 12.5 Å². The van der Waals surface area contributed by atoms with Gasteiger partial charge < -0.3 is 9.67 Å². The topological polar surface area (TPSA) is 78.7 Å². The number of hydrogen-bond acceptors (Lipinski definition) is 5. The summed E-state index contributed by atoms with van der Waals surface area (Å²) in [6, 6.07) is 0. The Morgan fingerprint density at radius 1 is 1.41 bits per heavy atom. The van der Waals surface area contributed by atoms with Crippen LogP contribution in [0.25, 0.3) is 0 Å². The second-order valence-electron chi connectivity index (χ2n) is 6.54. The molecule has 2 fully saturated rings. The molecule has 124 valence electrons. The second-order valence-corrected chi connectivity index (χ2v) is 8.45. The number of imidazole rings is 1. The highest BCUT2D eigenvalue weighted by molar-refractivity contribution is 7.88. The largest absolute Gasteiger partial charge is 0.390 e. The minimum absolute atomic E-state index is 0.497. The molecule has 7 nitrogen and oxygen atoms in total. The minimum atomic E-state index is -3.28. The molecule has 1 aromatic heterocycles. The van der Waals surface area contributed by atoms with E-state index in [9.17, 15) is 13.5 Å². The van der Waals surface area contributed by atoms with Crippen LogP contribution < -0.4 is 0 Å². The van der Waals surface area contributed by atoms with Crippen LogP contribution in [-0.4, -0.2) is 69.8 Å². The molecule has 8 heteroatoms. The van der Waals surface area contributed by atoms with Crippen molar-refractivity contribution in [2.45, 2.75) is 37.5 Å². The summed E-state index contributed by atoms with van der Waals surface area (Å²) < 4.78 is 27.6. The van der Waals surface area contributed by atoms with Gasteiger partial charge in [-0.1, -0.05) is 0 Å². The highest BCUT2D eigenvalue weighted by Crippen LogP contribution is 2.40. The molecule has 0 aromatic carbocycles. The van der Waals surface area contributed by atoms with Crippen LogP contribution in [0.1, 0.15) is 25.0 Å². The number of nitrogens with zero attached hydrogens (tertiary/aromatic N) is 4. The molecule has 0 amide bonds. The zero-order valence-corrected chi connectivity index (χ0v) is 14.0. The van der Waals surface area contributed by atoms with Crippen LogP contribution in [0.5, 0.6) is 0 Å². The predicted molar refractivity (Wildman–Crippen MR) is 82.6 cm³/mol. The van der Waals surface area contributed by atoms with Gasteiger partial charge in [-0.05, 0) is 19.3 Å². The number of rotatable bonds is 3. The van der Waals surface area contributed by atoms with Gasteiger partial charge in [0.2, 0.25) is 10.0 Å². The van der Waals surface area contributed by atoms with E-state index in [0.717, 1.165) is 31.6 Å². The first-order chi connectivity index (χ1) is 10.3. The van der Waals surface area contributed by atoms with Crippen molar-refractivity contribution in [1.29, 1.82) is 0 Å². The fourth-order valence-corrected chi connectivity index (χ4v) is 5.31. The number of sulfonamides is 1. The second kappa shape index (κ2) is 5.59. The molecule has 1 N–H and O–H groups in total. The summed E-state index contributed by atoms with van der Waals surface area (Å²) in [5.41, 5.74) is 0.492. The van der Waals surface area contributed by atoms with E-state index in [1.54, 1.807) is 6.33 Å². The summed E-state index contributed by atoms with van der Waals surface area (Å²) in [6.45, 7) is 2.53. The third kappa shape index (κ3) is 2.68. The number of likely N-dealkylation sites (tertiary alicyclic amines) is 1. The van der Waals surface area contributed by atoms with Gasteiger partial charge in [0.05, 0.1) is 29.9 Å². The van der Waals surface area contributed by atoms with E-state index in [2.05, 4.69) is 9.88 Å². The van der Waals surface area contributed by atoms with Gasteiger partial charge in [-0.25, -0.2) is 13.4 Å². The van der Waals surface area contributed by atoms with Crippen LogP contribution in [-0.2, 0) is 23.6 Å². The first-order valence-corrected chi connectivity index (χ1v) is 9.51. The van der Waals surface area contributed by atoms with Crippen LogP contribution in [0.3, 0.4) is 0 Å². The van der Waals surface area contributed by atoms with Crippen LogP contribution in [0, 0.1) is 0 Å². The van der Waals surface area contributed by atoms with Crippen molar-refractivity contribution in [3.8, 4) is 0 Å². The molecule has 2 atom stereocenters. The lowest BCUT2D eigenvalue weighted by Gasteiger charge is -2.47. The van der Waals surface area contributed by atoms with Crippen molar-refractivity contribution in [2.75, 3.05) is 25.9 Å². The maximum atomic E-state index is 12.0. The van der Waals surface area contributed by atoms with Gasteiger partial charge in [-0.2, -0.15) is 4.31 Å². The van der Waals surface area contributed by atoms with E-state index in [4.69, 9.17) is 0 Å². The standard InChI is InChI=1S/C14H24N4O3S/c1-16-11-15-8-12(16)9-17-7-5-14(13(19)10-17)4-3-6-18(14)22(2,20)21/h8,11,13,19H,3-7,9-10H2,1-2H3/t13-,14-/m0/s1. The molecule has 2 aliphatic heterocycles. The van der Waals surface area contributed by atoms with Gasteiger partial charge in [0.25, 0.3) is 0 Å². The molecule has 3 heterocycles. The molecule has 2 saturated heterocycles. The Balaban J connectivity index is 1.73. The number of piperidine rings is 1. The molecule has 0 bridgehead atoms. The van der Waals surface area contributed by atoms with Crippen molar-refractivity contribution in [3.63, 3.8) is 0 Å². The predicted octanol–water partition coefficient (Wildman–Crippen LogP) is -0.219. The Kier molecular flexibility index (Phi) is 4.05. The van der Waals surface area contributed by atoms with Crippen molar-refractivity contribution in [3.05, 3.63) is 18.2 Å². The van der Waals surface area contributed by atoms with E-state index in [0.29, 0.717) is 19.5 Å². The average Bonchev–Trinajstić information content (AvgIpc) is 3.02. The molecule has 0 aliphatic carbocycles. The quantitative estimate of drug-likeness (QED) is 0.830. The summed E-state index contributed by atoms with van der Waals surface area (Å²) in [4.78, 5) is 6.28. The number of hydrogen-bond donors (Lipinski definition) is 1. The molecule has 3 rings (SSSR count). The Morgan fingerprint density at radius 2 is 2.18 bits per heavy atom. The Bertz CT molecular complexity index is 644. The first-order valence-electron chi connectivity index (χ1n) is 7.66. The SMILES string of the molecule is Cn1cncc1CN1CC[C@@]2(CCCN2S(C)(=O)=O)[C@@H](O)C1. The van der Waals surface area contributed by atoms with Gasteiger partial charge in [0.1, 0.15) is 0 Å². The summed E-state index contributed by atoms with van der Waals surface area (Å²) >= 11 is 0. The molecule has 0 saturated carbocycles. The molecular weight excluding hydrogens is 304 g/mol. The molecule has 22 heavy (non-hydrogen) atoms. The average molecular weight is 328 g/mol. The molecule has 0 unspecified atom stereocenters. The number of aliphatic hydroxyl groups is 1. The zero-order valence-electron chi connectivity index (χ0n) is 13.1. The lowest BCUT2D eigenvalue weighted by atomic mass is 9.83. The van der Waals surface area contributed by atoms with Gasteiger partial charge in [-0.3, -0.25) is 4.90 Å². The lowest BCUT2D eigenvalue weighted by Crippen LogP contribution is -2.62. The molecule has 1 aromatic rings. The van der Waals surface area contributed by atoms with Crippen molar-refractivity contribution >= 4 is 10.0 Å². The van der Waals surface area contributed by atoms with Gasteiger partial charge in [0.15, 0.2) is 0 Å². The molecule has 0 radical (unpaired) electrons. The fraction of sp³-hybridized carbons (Fsp3) is 0.786. The summed E-state index contributed by atoms with van der Waals surface area (Å²) in [5, 5.41) is 10.7. The zero-order chi connectivity index (χ0) is 16.0. The Morgan fingerprint density at radius 3 is 2.77 bits per heavy atom. The van der Waals surface area contributed by atoms with E-state index in [1.807, 2.05) is 17.8 Å². The number of β-amino-alcohol motifs (C(OH)–C–C–N with tert-alkyl or cyclic N) is 1. The van der Waals surface area contributed by atoms with Crippen LogP contribution >= 0.6 is 0 Å². The van der Waals surface area contributed by atoms with Gasteiger partial charge in [-0.15, -0.1) is 0 Å². The third-order valence-electron chi connectivity index (χ3n) is 5.08. The van der Waals surface area contributed by atoms with E-state index < -0.39 is 21.7 Å². The lowest BCUT2D eigenvalue weighted by molar-refractivity contribution is -0.0384. The maximum absolute atomic E-state index is 12.0. The van der Waals surface area contributed by atoms with E-state index in [-0.39, 0.29) is 0 Å². The summed E-state index contributed by atoms with van der Waals surface area (Å²) in [6.07, 6.45) is 6.45. The van der Waals surface area contributed by atoms with Crippen LogP contribution in [0.2, 0.25) is 0 Å². The molecular formula is C14H24N4O3S. The summed E-state index contributed by atoms with van der Waals surface area (Å²) in [7, 11) is -1.33. The third-order valence-corrected chi connectivity index (χ3v) is 6.43. The number of aryl methyl sites for hydroxylation is 1. The van der Waals surface area contributed by atoms with Gasteiger partial charge in [0, 0.05) is 39.4 Å². The highest BCUT2D eigenvalue weighted by atomic mass is 32.2. The Hall–Kier alpha value is -0.960.